The fraction of sp³-hybridized carbons (Fsp3) is 0.458. The van der Waals surface area contributed by atoms with Crippen molar-refractivity contribution in [2.24, 2.45) is 11.8 Å². The number of methoxy groups -OCH3 is 2. The van der Waals surface area contributed by atoms with Crippen LogP contribution in [0.3, 0.4) is 0 Å². The van der Waals surface area contributed by atoms with Crippen LogP contribution in [0.15, 0.2) is 72.8 Å². The molecule has 27 heteroatoms. The first-order chi connectivity index (χ1) is 47.6. The largest absolute Gasteiger partial charge is 0.384 e. The van der Waals surface area contributed by atoms with Crippen LogP contribution in [0.4, 0.5) is 34.9 Å². The van der Waals surface area contributed by atoms with Gasteiger partial charge in [-0.15, -0.1) is 0 Å². The summed E-state index contributed by atoms with van der Waals surface area (Å²) >= 11 is 0. The molecule has 4 amide bonds. The predicted molar refractivity (Wildman–Crippen MR) is 370 cm³/mol. The smallest absolute Gasteiger partial charge is 0.296 e. The maximum atomic E-state index is 12.8. The molecule has 9 heterocycles. The van der Waals surface area contributed by atoms with Crippen molar-refractivity contribution in [3.63, 3.8) is 0 Å². The number of nitrogen functional groups attached to an aromatic ring is 3. The summed E-state index contributed by atoms with van der Waals surface area (Å²) in [4.78, 5) is 152. The number of amides is 4. The highest BCUT2D eigenvalue weighted by atomic mass is 16.5. The van der Waals surface area contributed by atoms with Crippen LogP contribution in [0, 0.1) is 11.8 Å². The van der Waals surface area contributed by atoms with Gasteiger partial charge in [-0.25, -0.2) is 29.9 Å². The zero-order valence-corrected chi connectivity index (χ0v) is 57.3. The summed E-state index contributed by atoms with van der Waals surface area (Å²) in [5, 5.41) is 0. The Bertz CT molecular complexity index is 3870. The van der Waals surface area contributed by atoms with E-state index in [9.17, 15) is 43.2 Å². The number of anilines is 6. The lowest BCUT2D eigenvalue weighted by molar-refractivity contribution is -0.136. The lowest BCUT2D eigenvalue weighted by Gasteiger charge is -2.28. The van der Waals surface area contributed by atoms with Crippen LogP contribution in [0.5, 0.6) is 0 Å². The number of rotatable bonds is 23. The van der Waals surface area contributed by atoms with Gasteiger partial charge in [0.2, 0.25) is 34.7 Å². The molecule has 3 fully saturated rings. The summed E-state index contributed by atoms with van der Waals surface area (Å²) in [6.07, 6.45) is 7.62. The van der Waals surface area contributed by atoms with Crippen LogP contribution in [-0.2, 0) is 96.8 Å². The van der Waals surface area contributed by atoms with Crippen molar-refractivity contribution in [3.8, 4) is 0 Å². The van der Waals surface area contributed by atoms with Crippen LogP contribution < -0.4 is 31.9 Å². The second kappa shape index (κ2) is 32.8. The number of likely N-dealkylation sites (tertiary alicyclic amines) is 3. The molecule has 0 bridgehead atoms. The fourth-order valence-electron chi connectivity index (χ4n) is 13.1. The molecule has 99 heavy (non-hydrogen) atoms. The Labute approximate surface area is 575 Å². The molecular formula is C72H88N16O11. The predicted octanol–water partition coefficient (Wildman–Crippen LogP) is 5.35. The first-order valence-electron chi connectivity index (χ1n) is 33.9. The van der Waals surface area contributed by atoms with E-state index >= 15 is 0 Å². The Morgan fingerprint density at radius 3 is 1.10 bits per heavy atom. The first kappa shape index (κ1) is 72.1. The van der Waals surface area contributed by atoms with Crippen LogP contribution in [-0.4, -0.2) is 182 Å². The van der Waals surface area contributed by atoms with Crippen molar-refractivity contribution >= 4 is 87.5 Å². The van der Waals surface area contributed by atoms with Crippen molar-refractivity contribution in [2.45, 2.75) is 124 Å². The van der Waals surface area contributed by atoms with Crippen molar-refractivity contribution in [1.82, 2.24) is 49.5 Å². The summed E-state index contributed by atoms with van der Waals surface area (Å²) < 4.78 is 10.1. The van der Waals surface area contributed by atoms with E-state index in [0.29, 0.717) is 23.2 Å². The van der Waals surface area contributed by atoms with E-state index < -0.39 is 46.9 Å². The molecule has 6 N–H and O–H groups in total. The number of carbonyl (C=O) groups is 9. The topological polar surface area (TPSA) is 350 Å². The van der Waals surface area contributed by atoms with E-state index in [4.69, 9.17) is 26.7 Å². The molecule has 3 aromatic carbocycles. The van der Waals surface area contributed by atoms with Crippen LogP contribution in [0.1, 0.15) is 148 Å². The molecule has 0 unspecified atom stereocenters. The molecule has 522 valence electrons. The third kappa shape index (κ3) is 17.4. The van der Waals surface area contributed by atoms with Crippen LogP contribution >= 0.6 is 0 Å². The lowest BCUT2D eigenvalue weighted by atomic mass is 10.0. The Morgan fingerprint density at radius 1 is 0.455 bits per heavy atom. The van der Waals surface area contributed by atoms with Crippen LogP contribution in [0.25, 0.3) is 0 Å². The quantitative estimate of drug-likeness (QED) is 0.0537. The maximum absolute atomic E-state index is 12.8. The van der Waals surface area contributed by atoms with E-state index in [0.717, 1.165) is 93.1 Å². The molecule has 6 aromatic rings. The highest BCUT2D eigenvalue weighted by Gasteiger charge is 2.39. The second-order valence-electron chi connectivity index (χ2n) is 26.3. The number of ketones is 5. The molecule has 6 aliphatic heterocycles. The molecule has 2 atom stereocenters. The van der Waals surface area contributed by atoms with Gasteiger partial charge in [-0.1, -0.05) is 93.6 Å². The molecule has 0 spiro atoms. The fourth-order valence-corrected chi connectivity index (χ4v) is 13.1. The molecule has 6 aliphatic rings. The Kier molecular flexibility index (Phi) is 23.9. The van der Waals surface area contributed by atoms with Gasteiger partial charge in [0.05, 0.1) is 32.8 Å². The highest BCUT2D eigenvalue weighted by molar-refractivity contribution is 6.44. The van der Waals surface area contributed by atoms with E-state index in [1.54, 1.807) is 20.9 Å². The molecule has 27 nitrogen and oxygen atoms in total. The van der Waals surface area contributed by atoms with E-state index in [1.807, 2.05) is 67.6 Å². The number of nitrogens with two attached hydrogens (primary N) is 3. The minimum Gasteiger partial charge on any atom is -0.384 e. The molecule has 12 rings (SSSR count). The lowest BCUT2D eigenvalue weighted by Crippen LogP contribution is -2.43. The van der Waals surface area contributed by atoms with Crippen molar-refractivity contribution in [1.29, 1.82) is 0 Å². The van der Waals surface area contributed by atoms with Gasteiger partial charge in [-0.05, 0) is 118 Å². The number of ether oxygens (including phenoxy) is 2. The van der Waals surface area contributed by atoms with Gasteiger partial charge < -0.3 is 31.6 Å². The summed E-state index contributed by atoms with van der Waals surface area (Å²) in [5.41, 5.74) is 25.6. The van der Waals surface area contributed by atoms with E-state index in [1.165, 1.54) is 77.9 Å². The molecule has 3 saturated heterocycles. The average molecular weight is 1350 g/mol. The highest BCUT2D eigenvalue weighted by Crippen LogP contribution is 2.34. The number of Topliss-reactive ketones (excluding diaryl/α,β-unsaturated/α-hetero) is 5. The van der Waals surface area contributed by atoms with Gasteiger partial charge in [0.15, 0.2) is 11.6 Å². The maximum Gasteiger partial charge on any atom is 0.296 e. The van der Waals surface area contributed by atoms with Crippen LogP contribution in [0.2, 0.25) is 0 Å². The van der Waals surface area contributed by atoms with Crippen molar-refractivity contribution in [2.75, 3.05) is 112 Å². The zero-order valence-electron chi connectivity index (χ0n) is 57.3. The standard InChI is InChI=1S/C24H30N6O3.2C24H29N5O4/c1-3-10-28(2)24(33)21-26-20(25)18-13-19(31)23(32)30(22(18)27-21)15-17-8-6-16(7-9-17)14-29-11-4-5-12-29;2*1-15(14-33-2)20(31)22-26-21(25)18-11-19(30)24(32)29(23(18)27-22)13-17-7-5-6-16(10-17)12-28-8-3-4-9-28/h6-9H,3-5,10-15H2,1-2H3,(H2,25,26,27);2*5-7,10,15H,3-4,8-9,11-14H2,1-2H3,(H2,25,26,27)/t;2*15-/m.10/s1. The number of fused-ring (bicyclic) bond motifs is 3. The first-order valence-corrected chi connectivity index (χ1v) is 33.9. The monoisotopic (exact) mass is 1350 g/mol. The third-order valence-corrected chi connectivity index (χ3v) is 18.4. The number of benzene rings is 3. The van der Waals surface area contributed by atoms with Crippen molar-refractivity contribution in [3.05, 3.63) is 140 Å². The number of aromatic nitrogens is 6. The number of hydrogen-bond donors (Lipinski definition) is 3. The molecule has 3 aromatic heterocycles. The molecular weight excluding hydrogens is 1260 g/mol. The Hall–Kier alpha value is -9.67. The van der Waals surface area contributed by atoms with Crippen molar-refractivity contribution < 1.29 is 52.6 Å². The van der Waals surface area contributed by atoms with Gasteiger partial charge in [0.1, 0.15) is 34.9 Å². The van der Waals surface area contributed by atoms with Gasteiger partial charge in [-0.2, -0.15) is 0 Å². The van der Waals surface area contributed by atoms with Gasteiger partial charge in [0.25, 0.3) is 23.6 Å². The average Bonchev–Trinajstić information content (AvgIpc) is 1.50. The van der Waals surface area contributed by atoms with Gasteiger partial charge >= 0.3 is 0 Å². The summed E-state index contributed by atoms with van der Waals surface area (Å²) in [6, 6.07) is 24.0. The second-order valence-corrected chi connectivity index (χ2v) is 26.3. The Balaban J connectivity index is 0.000000161. The van der Waals surface area contributed by atoms with E-state index in [2.05, 4.69) is 56.7 Å². The zero-order chi connectivity index (χ0) is 70.6. The van der Waals surface area contributed by atoms with Gasteiger partial charge in [0, 0.05) is 95.2 Å². The molecule has 0 aliphatic carbocycles. The van der Waals surface area contributed by atoms with Gasteiger partial charge in [-0.3, -0.25) is 72.6 Å². The number of carbonyl (C=O) groups excluding carboxylic acids is 9. The molecule has 0 saturated carbocycles. The minimum absolute atomic E-state index is 0.0431. The number of hydrogen-bond acceptors (Lipinski definition) is 23. The minimum atomic E-state index is -0.658. The summed E-state index contributed by atoms with van der Waals surface area (Å²) in [5.74, 6) is -5.04. The molecule has 0 radical (unpaired) electrons. The normalized spacial score (nSPS) is 17.0. The summed E-state index contributed by atoms with van der Waals surface area (Å²) in [7, 11) is 4.69. The third-order valence-electron chi connectivity index (χ3n) is 18.4. The Morgan fingerprint density at radius 2 is 0.758 bits per heavy atom. The number of nitrogens with zero attached hydrogens (tertiary/aromatic N) is 13. The SMILES string of the molecule is CCCN(C)C(=O)c1nc(N)c2c(n1)N(Cc1ccc(CN3CCCC3)cc1)C(=O)C(=O)C2.COC[C@@H](C)C(=O)c1nc(N)c2c(n1)N(Cc1cccc(CN3CCCC3)c1)C(=O)C(=O)C2.COC[C@H](C)C(=O)c1nc(N)c2c(n1)N(Cc1cccc(CN3CCCC3)c1)C(=O)C(=O)C2. The van der Waals surface area contributed by atoms with E-state index in [-0.39, 0.29) is 122 Å². The summed E-state index contributed by atoms with van der Waals surface area (Å²) in [6.45, 7) is 16.0.